The quantitative estimate of drug-likeness (QED) is 0.923. The van der Waals surface area contributed by atoms with Crippen molar-refractivity contribution in [2.24, 2.45) is 5.73 Å². The Kier molecular flexibility index (Phi) is 4.39. The van der Waals surface area contributed by atoms with Crippen LogP contribution in [0.5, 0.6) is 11.5 Å². The van der Waals surface area contributed by atoms with Gasteiger partial charge in [-0.25, -0.2) is 0 Å². The van der Waals surface area contributed by atoms with Crippen LogP contribution in [0.2, 0.25) is 0 Å². The fourth-order valence-electron chi connectivity index (χ4n) is 1.80. The Morgan fingerprint density at radius 3 is 2.70 bits per heavy atom. The molecule has 0 spiro atoms. The standard InChI is InChI=1S/C15H15BrN2O2/c1-9(2)12-7-10(16)3-4-14(12)20-11-5-6-18-13(8-11)15(17)19/h3-9H,1-2H3,(H2,17,19). The molecule has 0 saturated heterocycles. The molecule has 4 nitrogen and oxygen atoms in total. The number of ether oxygens (including phenoxy) is 1. The molecule has 0 saturated carbocycles. The molecule has 5 heteroatoms. The first-order valence-electron chi connectivity index (χ1n) is 6.20. The van der Waals surface area contributed by atoms with Crippen molar-refractivity contribution < 1.29 is 9.53 Å². The van der Waals surface area contributed by atoms with E-state index < -0.39 is 5.91 Å². The minimum Gasteiger partial charge on any atom is -0.457 e. The molecular formula is C15H15BrN2O2. The SMILES string of the molecule is CC(C)c1cc(Br)ccc1Oc1ccnc(C(N)=O)c1. The zero-order chi connectivity index (χ0) is 14.7. The third-order valence-corrected chi connectivity index (χ3v) is 3.30. The van der Waals surface area contributed by atoms with Crippen LogP contribution in [0.4, 0.5) is 0 Å². The second-order valence-corrected chi connectivity index (χ2v) is 5.60. The van der Waals surface area contributed by atoms with E-state index in [4.69, 9.17) is 10.5 Å². The smallest absolute Gasteiger partial charge is 0.267 e. The van der Waals surface area contributed by atoms with E-state index in [1.54, 1.807) is 6.07 Å². The van der Waals surface area contributed by atoms with E-state index >= 15 is 0 Å². The fourth-order valence-corrected chi connectivity index (χ4v) is 2.18. The number of nitrogens with zero attached hydrogens (tertiary/aromatic N) is 1. The second kappa shape index (κ2) is 6.05. The van der Waals surface area contributed by atoms with Gasteiger partial charge in [0.15, 0.2) is 0 Å². The highest BCUT2D eigenvalue weighted by Crippen LogP contribution is 2.32. The van der Waals surface area contributed by atoms with Crippen LogP contribution >= 0.6 is 15.9 Å². The molecule has 2 rings (SSSR count). The highest BCUT2D eigenvalue weighted by Gasteiger charge is 2.11. The normalized spacial score (nSPS) is 10.6. The van der Waals surface area contributed by atoms with Crippen LogP contribution in [0.15, 0.2) is 41.0 Å². The molecule has 2 aromatic rings. The number of halogens is 1. The number of primary amides is 1. The number of hydrogen-bond acceptors (Lipinski definition) is 3. The van der Waals surface area contributed by atoms with E-state index in [0.29, 0.717) is 11.7 Å². The fraction of sp³-hybridized carbons (Fsp3) is 0.200. The van der Waals surface area contributed by atoms with Crippen molar-refractivity contribution in [3.8, 4) is 11.5 Å². The highest BCUT2D eigenvalue weighted by molar-refractivity contribution is 9.10. The topological polar surface area (TPSA) is 65.2 Å². The van der Waals surface area contributed by atoms with Gasteiger partial charge >= 0.3 is 0 Å². The molecule has 0 aliphatic rings. The summed E-state index contributed by atoms with van der Waals surface area (Å²) >= 11 is 3.45. The number of aromatic nitrogens is 1. The van der Waals surface area contributed by atoms with Gasteiger partial charge in [0.2, 0.25) is 0 Å². The van der Waals surface area contributed by atoms with Crippen molar-refractivity contribution in [3.05, 3.63) is 52.3 Å². The van der Waals surface area contributed by atoms with Crippen molar-refractivity contribution in [1.82, 2.24) is 4.98 Å². The average Bonchev–Trinajstić information content (AvgIpc) is 2.41. The van der Waals surface area contributed by atoms with Gasteiger partial charge < -0.3 is 10.5 Å². The van der Waals surface area contributed by atoms with Gasteiger partial charge in [-0.15, -0.1) is 0 Å². The van der Waals surface area contributed by atoms with Crippen molar-refractivity contribution >= 4 is 21.8 Å². The van der Waals surface area contributed by atoms with Crippen molar-refractivity contribution in [2.45, 2.75) is 19.8 Å². The third kappa shape index (κ3) is 3.36. The largest absolute Gasteiger partial charge is 0.457 e. The summed E-state index contributed by atoms with van der Waals surface area (Å²) in [5.74, 6) is 1.04. The van der Waals surface area contributed by atoms with Crippen LogP contribution in [0, 0.1) is 0 Å². The number of nitrogens with two attached hydrogens (primary N) is 1. The summed E-state index contributed by atoms with van der Waals surface area (Å²) in [7, 11) is 0. The predicted molar refractivity (Wildman–Crippen MR) is 81.1 cm³/mol. The summed E-state index contributed by atoms with van der Waals surface area (Å²) in [6, 6.07) is 9.06. The molecule has 20 heavy (non-hydrogen) atoms. The van der Waals surface area contributed by atoms with Gasteiger partial charge in [-0.2, -0.15) is 0 Å². The first kappa shape index (κ1) is 14.5. The van der Waals surface area contributed by atoms with E-state index in [2.05, 4.69) is 34.8 Å². The Hall–Kier alpha value is -1.88. The highest BCUT2D eigenvalue weighted by atomic mass is 79.9. The summed E-state index contributed by atoms with van der Waals surface area (Å²) in [6.07, 6.45) is 1.50. The average molecular weight is 335 g/mol. The summed E-state index contributed by atoms with van der Waals surface area (Å²) in [4.78, 5) is 15.0. The number of carbonyl (C=O) groups is 1. The van der Waals surface area contributed by atoms with Crippen LogP contribution in [-0.2, 0) is 0 Å². The van der Waals surface area contributed by atoms with Crippen LogP contribution in [0.3, 0.4) is 0 Å². The molecular weight excluding hydrogens is 320 g/mol. The Bertz CT molecular complexity index is 642. The minimum atomic E-state index is -0.574. The summed E-state index contributed by atoms with van der Waals surface area (Å²) in [6.45, 7) is 4.19. The van der Waals surface area contributed by atoms with Gasteiger partial charge in [0.1, 0.15) is 17.2 Å². The lowest BCUT2D eigenvalue weighted by Crippen LogP contribution is -2.12. The second-order valence-electron chi connectivity index (χ2n) is 4.68. The van der Waals surface area contributed by atoms with E-state index in [-0.39, 0.29) is 5.69 Å². The number of rotatable bonds is 4. The van der Waals surface area contributed by atoms with Crippen LogP contribution < -0.4 is 10.5 Å². The molecule has 0 unspecified atom stereocenters. The summed E-state index contributed by atoms with van der Waals surface area (Å²) in [5, 5.41) is 0. The Labute approximate surface area is 126 Å². The maximum Gasteiger partial charge on any atom is 0.267 e. The van der Waals surface area contributed by atoms with Crippen LogP contribution in [0.25, 0.3) is 0 Å². The van der Waals surface area contributed by atoms with Gasteiger partial charge in [0, 0.05) is 16.7 Å². The van der Waals surface area contributed by atoms with Gasteiger partial charge in [0.05, 0.1) is 0 Å². The Morgan fingerprint density at radius 2 is 2.05 bits per heavy atom. The molecule has 104 valence electrons. The number of hydrogen-bond donors (Lipinski definition) is 1. The van der Waals surface area contributed by atoms with E-state index in [1.165, 1.54) is 12.3 Å². The molecule has 0 aliphatic heterocycles. The lowest BCUT2D eigenvalue weighted by Gasteiger charge is -2.14. The van der Waals surface area contributed by atoms with E-state index in [9.17, 15) is 4.79 Å². The molecule has 0 atom stereocenters. The lowest BCUT2D eigenvalue weighted by molar-refractivity contribution is 0.0995. The predicted octanol–water partition coefficient (Wildman–Crippen LogP) is 3.86. The van der Waals surface area contributed by atoms with Crippen molar-refractivity contribution in [1.29, 1.82) is 0 Å². The molecule has 0 bridgehead atoms. The Balaban J connectivity index is 2.35. The Morgan fingerprint density at radius 1 is 1.30 bits per heavy atom. The monoisotopic (exact) mass is 334 g/mol. The molecule has 0 aliphatic carbocycles. The number of amides is 1. The number of carbonyl (C=O) groups excluding carboxylic acids is 1. The first-order chi connectivity index (χ1) is 9.47. The zero-order valence-electron chi connectivity index (χ0n) is 11.3. The van der Waals surface area contributed by atoms with Crippen molar-refractivity contribution in [3.63, 3.8) is 0 Å². The summed E-state index contributed by atoms with van der Waals surface area (Å²) < 4.78 is 6.85. The molecule has 1 aromatic carbocycles. The van der Waals surface area contributed by atoms with Gasteiger partial charge in [0.25, 0.3) is 5.91 Å². The third-order valence-electron chi connectivity index (χ3n) is 2.81. The van der Waals surface area contributed by atoms with Crippen LogP contribution in [-0.4, -0.2) is 10.9 Å². The first-order valence-corrected chi connectivity index (χ1v) is 7.00. The zero-order valence-corrected chi connectivity index (χ0v) is 12.8. The maximum atomic E-state index is 11.1. The van der Waals surface area contributed by atoms with E-state index in [1.807, 2.05) is 18.2 Å². The van der Waals surface area contributed by atoms with Gasteiger partial charge in [-0.3, -0.25) is 9.78 Å². The summed E-state index contributed by atoms with van der Waals surface area (Å²) in [5.41, 5.74) is 6.48. The van der Waals surface area contributed by atoms with Gasteiger partial charge in [-0.05, 0) is 35.7 Å². The molecule has 2 N–H and O–H groups in total. The molecule has 1 aromatic heterocycles. The lowest BCUT2D eigenvalue weighted by atomic mass is 10.0. The van der Waals surface area contributed by atoms with E-state index in [0.717, 1.165) is 15.8 Å². The minimum absolute atomic E-state index is 0.186. The molecule has 1 amide bonds. The van der Waals surface area contributed by atoms with Crippen molar-refractivity contribution in [2.75, 3.05) is 0 Å². The molecule has 0 fully saturated rings. The van der Waals surface area contributed by atoms with Gasteiger partial charge in [-0.1, -0.05) is 29.8 Å². The molecule has 1 heterocycles. The number of pyridine rings is 1. The number of benzene rings is 1. The maximum absolute atomic E-state index is 11.1. The van der Waals surface area contributed by atoms with Crippen LogP contribution in [0.1, 0.15) is 35.8 Å². The molecule has 0 radical (unpaired) electrons.